The fraction of sp³-hybridized carbons (Fsp3) is 0.176. The first-order valence-corrected chi connectivity index (χ1v) is 10.3. The number of hydrogen-bond acceptors (Lipinski definition) is 7. The lowest BCUT2D eigenvalue weighted by atomic mass is 10.3. The smallest absolute Gasteiger partial charge is 0.240 e. The van der Waals surface area contributed by atoms with Crippen LogP contribution in [0.3, 0.4) is 0 Å². The zero-order valence-electron chi connectivity index (χ0n) is 14.8. The third kappa shape index (κ3) is 3.01. The highest BCUT2D eigenvalue weighted by molar-refractivity contribution is 7.89. The Morgan fingerprint density at radius 1 is 1.19 bits per heavy atom. The molecule has 0 unspecified atom stereocenters. The molecule has 10 heteroatoms. The number of nitrogens with one attached hydrogen (secondary N) is 2. The van der Waals surface area contributed by atoms with E-state index in [2.05, 4.69) is 20.0 Å². The first-order valence-electron chi connectivity index (χ1n) is 8.02. The molecule has 0 fully saturated rings. The number of fused-ring (bicyclic) bond motifs is 3. The molecule has 0 saturated heterocycles. The summed E-state index contributed by atoms with van der Waals surface area (Å²) in [4.78, 5) is 9.21. The van der Waals surface area contributed by atoms with Gasteiger partial charge in [0.05, 0.1) is 34.2 Å². The highest BCUT2D eigenvalue weighted by Gasteiger charge is 2.16. The van der Waals surface area contributed by atoms with Crippen molar-refractivity contribution < 1.29 is 13.2 Å². The van der Waals surface area contributed by atoms with Crippen LogP contribution in [0.1, 0.15) is 0 Å². The molecule has 2 aromatic carbocycles. The number of thiazole rings is 1. The number of aryl methyl sites for hydroxylation is 1. The molecule has 0 aliphatic heterocycles. The second-order valence-corrected chi connectivity index (χ2v) is 8.77. The van der Waals surface area contributed by atoms with E-state index in [1.165, 1.54) is 37.6 Å². The van der Waals surface area contributed by atoms with Crippen molar-refractivity contribution in [2.24, 2.45) is 7.05 Å². The van der Waals surface area contributed by atoms with Crippen LogP contribution in [0.25, 0.3) is 21.3 Å². The van der Waals surface area contributed by atoms with Crippen LogP contribution in [-0.2, 0) is 17.1 Å². The lowest BCUT2D eigenvalue weighted by Crippen LogP contribution is -2.18. The van der Waals surface area contributed by atoms with Crippen molar-refractivity contribution in [1.29, 1.82) is 0 Å². The lowest BCUT2D eigenvalue weighted by molar-refractivity contribution is 0.416. The van der Waals surface area contributed by atoms with E-state index in [4.69, 9.17) is 4.74 Å². The van der Waals surface area contributed by atoms with Gasteiger partial charge in [0.25, 0.3) is 0 Å². The van der Waals surface area contributed by atoms with Gasteiger partial charge in [-0.25, -0.2) is 23.1 Å². The molecular weight excluding hydrogens is 386 g/mol. The Balaban J connectivity index is 1.79. The van der Waals surface area contributed by atoms with Gasteiger partial charge in [-0.15, -0.1) is 0 Å². The number of aromatic nitrogens is 3. The maximum absolute atomic E-state index is 12.1. The van der Waals surface area contributed by atoms with Gasteiger partial charge in [-0.3, -0.25) is 0 Å². The zero-order chi connectivity index (χ0) is 19.2. The first kappa shape index (κ1) is 17.7. The number of imidazole rings is 1. The lowest BCUT2D eigenvalue weighted by Gasteiger charge is -2.11. The van der Waals surface area contributed by atoms with Gasteiger partial charge in [0.2, 0.25) is 10.0 Å². The third-order valence-electron chi connectivity index (χ3n) is 4.24. The minimum atomic E-state index is -3.56. The molecule has 4 aromatic rings. The van der Waals surface area contributed by atoms with Crippen molar-refractivity contribution in [3.8, 4) is 5.75 Å². The van der Waals surface area contributed by atoms with Crippen LogP contribution in [0.4, 0.5) is 10.8 Å². The number of ether oxygens (including phenoxy) is 1. The molecule has 8 nitrogen and oxygen atoms in total. The molecular formula is C17H17N5O3S2. The fourth-order valence-electron chi connectivity index (χ4n) is 2.83. The Morgan fingerprint density at radius 3 is 2.74 bits per heavy atom. The highest BCUT2D eigenvalue weighted by atomic mass is 32.2. The maximum atomic E-state index is 12.1. The Bertz CT molecular complexity index is 1260. The molecule has 4 rings (SSSR count). The van der Waals surface area contributed by atoms with Crippen LogP contribution in [0.5, 0.6) is 5.75 Å². The molecule has 2 aromatic heterocycles. The summed E-state index contributed by atoms with van der Waals surface area (Å²) in [5.74, 6) is 0.521. The number of rotatable bonds is 5. The summed E-state index contributed by atoms with van der Waals surface area (Å²) in [5, 5.41) is 3.80. The van der Waals surface area contributed by atoms with Crippen molar-refractivity contribution in [1.82, 2.24) is 19.3 Å². The quantitative estimate of drug-likeness (QED) is 0.532. The SMILES string of the molecule is CNS(=O)(=O)c1ccc(OC)c(Nc2nc3c(ccc4c3ncn4C)s2)c1. The molecule has 0 bridgehead atoms. The third-order valence-corrected chi connectivity index (χ3v) is 6.59. The predicted molar refractivity (Wildman–Crippen MR) is 106 cm³/mol. The molecule has 140 valence electrons. The summed E-state index contributed by atoms with van der Waals surface area (Å²) in [6, 6.07) is 8.63. The molecule has 2 N–H and O–H groups in total. The highest BCUT2D eigenvalue weighted by Crippen LogP contribution is 2.35. The van der Waals surface area contributed by atoms with Crippen LogP contribution in [-0.4, -0.2) is 37.1 Å². The van der Waals surface area contributed by atoms with Gasteiger partial charge < -0.3 is 14.6 Å². The van der Waals surface area contributed by atoms with Crippen molar-refractivity contribution in [2.45, 2.75) is 4.90 Å². The van der Waals surface area contributed by atoms with Gasteiger partial charge in [-0.05, 0) is 37.4 Å². The molecule has 2 heterocycles. The molecule has 0 radical (unpaired) electrons. The molecule has 0 aliphatic rings. The van der Waals surface area contributed by atoms with Gasteiger partial charge in [0.1, 0.15) is 16.8 Å². The van der Waals surface area contributed by atoms with E-state index in [1.807, 2.05) is 23.7 Å². The summed E-state index contributed by atoms with van der Waals surface area (Å²) in [6.45, 7) is 0. The summed E-state index contributed by atoms with van der Waals surface area (Å²) in [7, 11) is 1.28. The summed E-state index contributed by atoms with van der Waals surface area (Å²) in [5.41, 5.74) is 3.15. The normalized spacial score (nSPS) is 12.0. The minimum absolute atomic E-state index is 0.140. The number of benzene rings is 2. The van der Waals surface area contributed by atoms with Gasteiger partial charge in [0, 0.05) is 7.05 Å². The fourth-order valence-corrected chi connectivity index (χ4v) is 4.46. The maximum Gasteiger partial charge on any atom is 0.240 e. The molecule has 0 saturated carbocycles. The summed E-state index contributed by atoms with van der Waals surface area (Å²) in [6.07, 6.45) is 1.76. The van der Waals surface area contributed by atoms with Crippen molar-refractivity contribution in [3.05, 3.63) is 36.7 Å². The number of methoxy groups -OCH3 is 1. The van der Waals surface area contributed by atoms with Gasteiger partial charge in [-0.2, -0.15) is 0 Å². The minimum Gasteiger partial charge on any atom is -0.495 e. The van der Waals surface area contributed by atoms with Crippen LogP contribution >= 0.6 is 11.3 Å². The van der Waals surface area contributed by atoms with Gasteiger partial charge in [0.15, 0.2) is 5.13 Å². The van der Waals surface area contributed by atoms with E-state index >= 15 is 0 Å². The van der Waals surface area contributed by atoms with E-state index in [9.17, 15) is 8.42 Å². The summed E-state index contributed by atoms with van der Waals surface area (Å²) < 4.78 is 34.8. The van der Waals surface area contributed by atoms with Crippen LogP contribution in [0.2, 0.25) is 0 Å². The predicted octanol–water partition coefficient (Wildman–Crippen LogP) is 2.84. The van der Waals surface area contributed by atoms with E-state index in [0.29, 0.717) is 16.6 Å². The Hall–Kier alpha value is -2.69. The zero-order valence-corrected chi connectivity index (χ0v) is 16.5. The topological polar surface area (TPSA) is 98.1 Å². The monoisotopic (exact) mass is 403 g/mol. The molecule has 0 aliphatic carbocycles. The second kappa shape index (κ2) is 6.48. The Morgan fingerprint density at radius 2 is 2.00 bits per heavy atom. The number of nitrogens with zero attached hydrogens (tertiary/aromatic N) is 3. The van der Waals surface area contributed by atoms with Crippen molar-refractivity contribution in [3.63, 3.8) is 0 Å². The average Bonchev–Trinajstić information content (AvgIpc) is 3.24. The standard InChI is InChI=1S/C17H17N5O3S2/c1-18-27(23,24)10-4-6-13(25-3)11(8-10)20-17-21-16-14(26-17)7-5-12-15(16)19-9-22(12)2/h4-9,18H,1-3H3,(H,20,21). The summed E-state index contributed by atoms with van der Waals surface area (Å²) >= 11 is 1.46. The number of sulfonamides is 1. The molecule has 0 atom stereocenters. The van der Waals surface area contributed by atoms with Crippen molar-refractivity contribution in [2.75, 3.05) is 19.5 Å². The van der Waals surface area contributed by atoms with Gasteiger partial charge in [-0.1, -0.05) is 11.3 Å². The largest absolute Gasteiger partial charge is 0.495 e. The second-order valence-electron chi connectivity index (χ2n) is 5.85. The molecule has 27 heavy (non-hydrogen) atoms. The number of anilines is 2. The van der Waals surface area contributed by atoms with Crippen molar-refractivity contribution >= 4 is 53.4 Å². The average molecular weight is 403 g/mol. The molecule has 0 amide bonds. The Kier molecular flexibility index (Phi) is 4.25. The first-order chi connectivity index (χ1) is 12.9. The Labute approximate surface area is 159 Å². The molecule has 0 spiro atoms. The van der Waals surface area contributed by atoms with E-state index < -0.39 is 10.0 Å². The number of hydrogen-bond donors (Lipinski definition) is 2. The van der Waals surface area contributed by atoms with E-state index in [1.54, 1.807) is 12.4 Å². The van der Waals surface area contributed by atoms with Crippen LogP contribution in [0.15, 0.2) is 41.6 Å². The van der Waals surface area contributed by atoms with E-state index in [0.717, 1.165) is 21.3 Å². The van der Waals surface area contributed by atoms with Gasteiger partial charge >= 0.3 is 0 Å². The van der Waals surface area contributed by atoms with Crippen LogP contribution < -0.4 is 14.8 Å². The van der Waals surface area contributed by atoms with Crippen LogP contribution in [0, 0.1) is 0 Å². The van der Waals surface area contributed by atoms with E-state index in [-0.39, 0.29) is 4.90 Å².